The fourth-order valence-corrected chi connectivity index (χ4v) is 3.85. The Morgan fingerprint density at radius 1 is 1.07 bits per heavy atom. The van der Waals surface area contributed by atoms with Crippen LogP contribution in [0.15, 0.2) is 61.1 Å². The summed E-state index contributed by atoms with van der Waals surface area (Å²) < 4.78 is 2.17. The van der Waals surface area contributed by atoms with E-state index in [-0.39, 0.29) is 12.6 Å². The molecule has 1 aliphatic rings. The van der Waals surface area contributed by atoms with Crippen LogP contribution in [-0.2, 0) is 13.2 Å². The van der Waals surface area contributed by atoms with E-state index >= 15 is 0 Å². The van der Waals surface area contributed by atoms with Gasteiger partial charge in [-0.25, -0.2) is 9.97 Å². The highest BCUT2D eigenvalue weighted by molar-refractivity contribution is 5.55. The highest BCUT2D eigenvalue weighted by Gasteiger charge is 2.33. The van der Waals surface area contributed by atoms with Crippen molar-refractivity contribution in [2.75, 3.05) is 5.32 Å². The van der Waals surface area contributed by atoms with Gasteiger partial charge in [0.25, 0.3) is 0 Å². The normalized spacial score (nSPS) is 22.1. The van der Waals surface area contributed by atoms with Crippen molar-refractivity contribution in [2.24, 2.45) is 5.92 Å². The zero-order valence-electron chi connectivity index (χ0n) is 15.1. The van der Waals surface area contributed by atoms with Gasteiger partial charge in [0.1, 0.15) is 11.6 Å². The van der Waals surface area contributed by atoms with Crippen molar-refractivity contribution in [1.29, 1.82) is 0 Å². The monoisotopic (exact) mass is 364 g/mol. The van der Waals surface area contributed by atoms with E-state index in [9.17, 15) is 10.2 Å². The maximum absolute atomic E-state index is 10.5. The second-order valence-corrected chi connectivity index (χ2v) is 7.13. The molecule has 140 valence electrons. The minimum absolute atomic E-state index is 0.0179. The number of imidazole rings is 1. The molecule has 0 spiro atoms. The summed E-state index contributed by atoms with van der Waals surface area (Å²) in [6, 6.07) is 13.7. The van der Waals surface area contributed by atoms with Gasteiger partial charge in [0.15, 0.2) is 0 Å². The largest absolute Gasteiger partial charge is 0.392 e. The van der Waals surface area contributed by atoms with E-state index in [2.05, 4.69) is 32.0 Å². The van der Waals surface area contributed by atoms with Gasteiger partial charge in [-0.1, -0.05) is 30.3 Å². The van der Waals surface area contributed by atoms with Crippen molar-refractivity contribution in [3.05, 3.63) is 66.6 Å². The van der Waals surface area contributed by atoms with Gasteiger partial charge in [0.2, 0.25) is 0 Å². The van der Waals surface area contributed by atoms with Gasteiger partial charge in [-0.2, -0.15) is 0 Å². The number of hydrogen-bond acceptors (Lipinski definition) is 5. The number of aromatic nitrogens is 3. The number of aliphatic hydroxyl groups is 2. The quantitative estimate of drug-likeness (QED) is 0.626. The topological polar surface area (TPSA) is 83.2 Å². The zero-order valence-corrected chi connectivity index (χ0v) is 15.1. The lowest BCUT2D eigenvalue weighted by Crippen LogP contribution is -2.28. The Morgan fingerprint density at radius 2 is 1.93 bits per heavy atom. The number of hydrogen-bond donors (Lipinski definition) is 3. The number of pyridine rings is 1. The second kappa shape index (κ2) is 7.90. The van der Waals surface area contributed by atoms with E-state index in [1.54, 1.807) is 12.3 Å². The molecule has 3 atom stereocenters. The molecule has 3 N–H and O–H groups in total. The third-order valence-electron chi connectivity index (χ3n) is 5.17. The lowest BCUT2D eigenvalue weighted by molar-refractivity contribution is 0.166. The van der Waals surface area contributed by atoms with Crippen LogP contribution < -0.4 is 5.32 Å². The molecule has 0 radical (unpaired) electrons. The first-order valence-corrected chi connectivity index (χ1v) is 9.30. The molecule has 2 aromatic heterocycles. The Balaban J connectivity index is 1.43. The molecule has 0 saturated heterocycles. The van der Waals surface area contributed by atoms with Crippen LogP contribution in [0.4, 0.5) is 5.82 Å². The van der Waals surface area contributed by atoms with Crippen LogP contribution in [0.2, 0.25) is 0 Å². The van der Waals surface area contributed by atoms with E-state index in [1.807, 2.05) is 36.7 Å². The lowest BCUT2D eigenvalue weighted by atomic mass is 10.1. The van der Waals surface area contributed by atoms with Gasteiger partial charge in [-0.3, -0.25) is 0 Å². The Hall–Kier alpha value is -2.70. The maximum atomic E-state index is 10.5. The Bertz CT molecular complexity index is 881. The van der Waals surface area contributed by atoms with Crippen LogP contribution in [0, 0.1) is 5.92 Å². The van der Waals surface area contributed by atoms with Crippen LogP contribution in [-0.4, -0.2) is 36.9 Å². The summed E-state index contributed by atoms with van der Waals surface area (Å²) in [5.41, 5.74) is 1.91. The average Bonchev–Trinajstić information content (AvgIpc) is 3.29. The summed E-state index contributed by atoms with van der Waals surface area (Å²) in [4.78, 5) is 8.80. The molecule has 3 aromatic rings. The highest BCUT2D eigenvalue weighted by Crippen LogP contribution is 2.31. The molecule has 1 saturated carbocycles. The molecular formula is C21H24N4O2. The average molecular weight is 364 g/mol. The fraction of sp³-hybridized carbons (Fsp3) is 0.333. The Kier molecular flexibility index (Phi) is 5.18. The molecule has 0 bridgehead atoms. The number of nitrogens with one attached hydrogen (secondary N) is 1. The first-order chi connectivity index (χ1) is 13.2. The molecule has 1 aliphatic carbocycles. The van der Waals surface area contributed by atoms with Crippen molar-refractivity contribution in [3.8, 4) is 11.4 Å². The number of benzene rings is 1. The molecule has 6 nitrogen and oxygen atoms in total. The van der Waals surface area contributed by atoms with E-state index in [4.69, 9.17) is 0 Å². The van der Waals surface area contributed by atoms with E-state index in [0.717, 1.165) is 36.3 Å². The number of anilines is 1. The minimum Gasteiger partial charge on any atom is -0.392 e. The van der Waals surface area contributed by atoms with E-state index < -0.39 is 6.10 Å². The predicted octanol–water partition coefficient (Wildman–Crippen LogP) is 2.69. The van der Waals surface area contributed by atoms with Crippen LogP contribution in [0.5, 0.6) is 0 Å². The molecule has 0 amide bonds. The van der Waals surface area contributed by atoms with Crippen LogP contribution in [0.1, 0.15) is 18.4 Å². The molecule has 1 unspecified atom stereocenters. The molecule has 1 fully saturated rings. The van der Waals surface area contributed by atoms with Gasteiger partial charge in [-0.05, 0) is 36.5 Å². The summed E-state index contributed by atoms with van der Waals surface area (Å²) in [6.07, 6.45) is 6.68. The van der Waals surface area contributed by atoms with Crippen molar-refractivity contribution >= 4 is 5.82 Å². The second-order valence-electron chi connectivity index (χ2n) is 7.13. The predicted molar refractivity (Wildman–Crippen MR) is 104 cm³/mol. The van der Waals surface area contributed by atoms with Crippen molar-refractivity contribution in [2.45, 2.75) is 38.1 Å². The van der Waals surface area contributed by atoms with Crippen molar-refractivity contribution in [1.82, 2.24) is 14.5 Å². The SMILES string of the molecule is OCc1ccnc(N[C@@H]2CC(Cn3ccnc3-c3ccccc3)C[C@H]2O)c1. The smallest absolute Gasteiger partial charge is 0.139 e. The minimum atomic E-state index is -0.418. The molecule has 4 rings (SSSR count). The molecule has 1 aromatic carbocycles. The first-order valence-electron chi connectivity index (χ1n) is 9.30. The Morgan fingerprint density at radius 3 is 2.74 bits per heavy atom. The third kappa shape index (κ3) is 4.02. The maximum Gasteiger partial charge on any atom is 0.139 e. The zero-order chi connectivity index (χ0) is 18.6. The summed E-state index contributed by atoms with van der Waals surface area (Å²) in [7, 11) is 0. The van der Waals surface area contributed by atoms with Gasteiger partial charge < -0.3 is 20.1 Å². The van der Waals surface area contributed by atoms with E-state index in [1.165, 1.54) is 0 Å². The standard InChI is InChI=1S/C21H24N4O2/c26-14-15-6-7-22-20(12-15)24-18-10-16(11-19(18)27)13-25-9-8-23-21(25)17-4-2-1-3-5-17/h1-9,12,16,18-19,26-27H,10-11,13-14H2,(H,22,24)/t16?,18-,19-/m1/s1. The van der Waals surface area contributed by atoms with Gasteiger partial charge in [-0.15, -0.1) is 0 Å². The number of nitrogens with zero attached hydrogens (tertiary/aromatic N) is 3. The molecule has 2 heterocycles. The van der Waals surface area contributed by atoms with Crippen molar-refractivity contribution < 1.29 is 10.2 Å². The Labute approximate surface area is 158 Å². The highest BCUT2D eigenvalue weighted by atomic mass is 16.3. The number of rotatable bonds is 6. The molecule has 0 aliphatic heterocycles. The van der Waals surface area contributed by atoms with E-state index in [0.29, 0.717) is 11.7 Å². The fourth-order valence-electron chi connectivity index (χ4n) is 3.85. The van der Waals surface area contributed by atoms with Gasteiger partial charge >= 0.3 is 0 Å². The lowest BCUT2D eigenvalue weighted by Gasteiger charge is -2.17. The van der Waals surface area contributed by atoms with Crippen LogP contribution in [0.25, 0.3) is 11.4 Å². The molecule has 6 heteroatoms. The molecule has 27 heavy (non-hydrogen) atoms. The first kappa shape index (κ1) is 17.7. The summed E-state index contributed by atoms with van der Waals surface area (Å²) in [5, 5.41) is 23.1. The van der Waals surface area contributed by atoms with Crippen molar-refractivity contribution in [3.63, 3.8) is 0 Å². The molecular weight excluding hydrogens is 340 g/mol. The summed E-state index contributed by atoms with van der Waals surface area (Å²) in [6.45, 7) is 0.805. The third-order valence-corrected chi connectivity index (χ3v) is 5.17. The van der Waals surface area contributed by atoms with Gasteiger partial charge in [0.05, 0.1) is 18.8 Å². The summed E-state index contributed by atoms with van der Waals surface area (Å²) in [5.74, 6) is 2.01. The van der Waals surface area contributed by atoms with Crippen LogP contribution >= 0.6 is 0 Å². The number of aliphatic hydroxyl groups excluding tert-OH is 2. The van der Waals surface area contributed by atoms with Gasteiger partial charge in [0, 0.05) is 30.7 Å². The summed E-state index contributed by atoms with van der Waals surface area (Å²) >= 11 is 0. The van der Waals surface area contributed by atoms with Crippen LogP contribution in [0.3, 0.4) is 0 Å².